The van der Waals surface area contributed by atoms with E-state index in [9.17, 15) is 0 Å². The molecule has 0 saturated heterocycles. The first-order chi connectivity index (χ1) is 7.50. The predicted molar refractivity (Wildman–Crippen MR) is 68.1 cm³/mol. The number of fused-ring (bicyclic) bond motifs is 1. The monoisotopic (exact) mass is 216 g/mol. The first-order valence-corrected chi connectivity index (χ1v) is 5.99. The van der Waals surface area contributed by atoms with Crippen LogP contribution < -0.4 is 0 Å². The van der Waals surface area contributed by atoms with Crippen LogP contribution in [-0.4, -0.2) is 9.38 Å². The highest BCUT2D eigenvalue weighted by molar-refractivity contribution is 5.45. The lowest BCUT2D eigenvalue weighted by Gasteiger charge is -2.06. The third-order valence-corrected chi connectivity index (χ3v) is 3.13. The van der Waals surface area contributed by atoms with Crippen LogP contribution in [0.4, 0.5) is 0 Å². The average molecular weight is 216 g/mol. The van der Waals surface area contributed by atoms with Crippen molar-refractivity contribution >= 4 is 5.65 Å². The van der Waals surface area contributed by atoms with E-state index in [4.69, 9.17) is 0 Å². The second-order valence-electron chi connectivity index (χ2n) is 5.08. The van der Waals surface area contributed by atoms with Gasteiger partial charge in [-0.25, -0.2) is 4.98 Å². The Morgan fingerprint density at radius 1 is 1.06 bits per heavy atom. The van der Waals surface area contributed by atoms with Crippen molar-refractivity contribution in [2.75, 3.05) is 0 Å². The Bertz CT molecular complexity index is 507. The molecule has 0 amide bonds. The van der Waals surface area contributed by atoms with Crippen LogP contribution in [0.5, 0.6) is 0 Å². The fraction of sp³-hybridized carbons (Fsp3) is 0.500. The molecule has 2 nitrogen and oxygen atoms in total. The second-order valence-corrected chi connectivity index (χ2v) is 5.08. The van der Waals surface area contributed by atoms with Crippen LogP contribution in [-0.2, 0) is 0 Å². The van der Waals surface area contributed by atoms with E-state index < -0.39 is 0 Å². The zero-order chi connectivity index (χ0) is 11.9. The van der Waals surface area contributed by atoms with Crippen molar-refractivity contribution in [2.45, 2.75) is 46.5 Å². The Hall–Kier alpha value is -1.31. The molecular weight excluding hydrogens is 196 g/mol. The quantitative estimate of drug-likeness (QED) is 0.744. The second kappa shape index (κ2) is 3.93. The van der Waals surface area contributed by atoms with Crippen molar-refractivity contribution in [2.24, 2.45) is 0 Å². The van der Waals surface area contributed by atoms with Gasteiger partial charge < -0.3 is 4.40 Å². The summed E-state index contributed by atoms with van der Waals surface area (Å²) in [5, 5.41) is 0. The minimum Gasteiger partial charge on any atom is -0.304 e. The average Bonchev–Trinajstić information content (AvgIpc) is 2.56. The lowest BCUT2D eigenvalue weighted by Crippen LogP contribution is -1.95. The molecule has 0 aromatic carbocycles. The maximum Gasteiger partial charge on any atom is 0.137 e. The van der Waals surface area contributed by atoms with Gasteiger partial charge in [-0.2, -0.15) is 0 Å². The highest BCUT2D eigenvalue weighted by Gasteiger charge is 2.11. The maximum atomic E-state index is 4.68. The van der Waals surface area contributed by atoms with E-state index in [-0.39, 0.29) is 0 Å². The molecule has 0 N–H and O–H groups in total. The molecule has 0 aliphatic heterocycles. The van der Waals surface area contributed by atoms with E-state index in [0.29, 0.717) is 11.8 Å². The number of aromatic nitrogens is 2. The van der Waals surface area contributed by atoms with Gasteiger partial charge in [0, 0.05) is 11.9 Å². The lowest BCUT2D eigenvalue weighted by molar-refractivity contribution is 0.818. The van der Waals surface area contributed by atoms with E-state index in [2.05, 4.69) is 62.3 Å². The molecule has 2 rings (SSSR count). The summed E-state index contributed by atoms with van der Waals surface area (Å²) in [5.41, 5.74) is 4.90. The van der Waals surface area contributed by atoms with Crippen LogP contribution in [0.15, 0.2) is 18.3 Å². The van der Waals surface area contributed by atoms with Gasteiger partial charge in [-0.1, -0.05) is 33.8 Å². The Morgan fingerprint density at radius 3 is 2.31 bits per heavy atom. The maximum absolute atomic E-state index is 4.68. The highest BCUT2D eigenvalue weighted by atomic mass is 15.0. The molecule has 0 saturated carbocycles. The molecule has 2 aromatic heterocycles. The molecule has 0 bridgehead atoms. The number of pyridine rings is 1. The van der Waals surface area contributed by atoms with E-state index in [0.717, 1.165) is 5.65 Å². The van der Waals surface area contributed by atoms with Crippen molar-refractivity contribution in [3.05, 3.63) is 35.3 Å². The topological polar surface area (TPSA) is 17.3 Å². The third kappa shape index (κ3) is 1.73. The molecule has 0 unspecified atom stereocenters. The van der Waals surface area contributed by atoms with Gasteiger partial charge >= 0.3 is 0 Å². The van der Waals surface area contributed by atoms with E-state index in [1.165, 1.54) is 17.0 Å². The number of aryl methyl sites for hydroxylation is 1. The van der Waals surface area contributed by atoms with E-state index in [1.54, 1.807) is 0 Å². The molecule has 0 radical (unpaired) electrons. The number of hydrogen-bond acceptors (Lipinski definition) is 1. The first kappa shape index (κ1) is 11.2. The standard InChI is InChI=1S/C14H20N2/c1-9(2)12-6-7-13-15-14(10(3)4)11(5)16(13)8-12/h6-10H,1-5H3. The Balaban J connectivity index is 2.64. The van der Waals surface area contributed by atoms with Gasteiger partial charge in [0.2, 0.25) is 0 Å². The lowest BCUT2D eigenvalue weighted by atomic mass is 10.1. The van der Waals surface area contributed by atoms with E-state index in [1.807, 2.05) is 0 Å². The SMILES string of the molecule is Cc1c(C(C)C)nc2ccc(C(C)C)cn12. The Labute approximate surface area is 97.3 Å². The molecular formula is C14H20N2. The van der Waals surface area contributed by atoms with Crippen LogP contribution in [0.2, 0.25) is 0 Å². The number of hydrogen-bond donors (Lipinski definition) is 0. The summed E-state index contributed by atoms with van der Waals surface area (Å²) in [4.78, 5) is 4.68. The third-order valence-electron chi connectivity index (χ3n) is 3.13. The number of imidazole rings is 1. The molecule has 0 aliphatic carbocycles. The largest absolute Gasteiger partial charge is 0.304 e. The summed E-state index contributed by atoms with van der Waals surface area (Å²) in [6.45, 7) is 11.0. The zero-order valence-electron chi connectivity index (χ0n) is 10.8. The van der Waals surface area contributed by atoms with Crippen LogP contribution in [0.3, 0.4) is 0 Å². The molecule has 2 aromatic rings. The van der Waals surface area contributed by atoms with Crippen LogP contribution in [0.25, 0.3) is 5.65 Å². The summed E-state index contributed by atoms with van der Waals surface area (Å²) in [6.07, 6.45) is 2.22. The minimum atomic E-state index is 0.488. The van der Waals surface area contributed by atoms with Crippen molar-refractivity contribution in [1.82, 2.24) is 9.38 Å². The molecule has 86 valence electrons. The van der Waals surface area contributed by atoms with Gasteiger partial charge in [0.15, 0.2) is 0 Å². The van der Waals surface area contributed by atoms with Crippen molar-refractivity contribution < 1.29 is 0 Å². The smallest absolute Gasteiger partial charge is 0.137 e. The van der Waals surface area contributed by atoms with Crippen LogP contribution in [0.1, 0.15) is 56.5 Å². The molecule has 2 heterocycles. The Morgan fingerprint density at radius 2 is 1.75 bits per heavy atom. The van der Waals surface area contributed by atoms with Gasteiger partial charge in [0.1, 0.15) is 5.65 Å². The van der Waals surface area contributed by atoms with E-state index >= 15 is 0 Å². The van der Waals surface area contributed by atoms with Gasteiger partial charge in [-0.15, -0.1) is 0 Å². The van der Waals surface area contributed by atoms with Crippen LogP contribution >= 0.6 is 0 Å². The summed E-state index contributed by atoms with van der Waals surface area (Å²) in [6, 6.07) is 4.30. The van der Waals surface area contributed by atoms with Gasteiger partial charge in [0.25, 0.3) is 0 Å². The molecule has 0 fully saturated rings. The number of rotatable bonds is 2. The minimum absolute atomic E-state index is 0.488. The summed E-state index contributed by atoms with van der Waals surface area (Å²) in [5.74, 6) is 1.05. The van der Waals surface area contributed by atoms with Gasteiger partial charge in [-0.3, -0.25) is 0 Å². The van der Waals surface area contributed by atoms with Crippen LogP contribution in [0, 0.1) is 6.92 Å². The Kier molecular flexibility index (Phi) is 2.75. The first-order valence-electron chi connectivity index (χ1n) is 5.99. The molecule has 0 spiro atoms. The molecule has 0 aliphatic rings. The molecule has 0 atom stereocenters. The zero-order valence-corrected chi connectivity index (χ0v) is 10.8. The summed E-state index contributed by atoms with van der Waals surface area (Å²) in [7, 11) is 0. The summed E-state index contributed by atoms with van der Waals surface area (Å²) < 4.78 is 2.21. The summed E-state index contributed by atoms with van der Waals surface area (Å²) >= 11 is 0. The fourth-order valence-corrected chi connectivity index (χ4v) is 2.09. The normalized spacial score (nSPS) is 11.9. The van der Waals surface area contributed by atoms with Crippen molar-refractivity contribution in [3.63, 3.8) is 0 Å². The van der Waals surface area contributed by atoms with Gasteiger partial charge in [0.05, 0.1) is 5.69 Å². The highest BCUT2D eigenvalue weighted by Crippen LogP contribution is 2.22. The molecule has 16 heavy (non-hydrogen) atoms. The van der Waals surface area contributed by atoms with Crippen molar-refractivity contribution in [1.29, 1.82) is 0 Å². The predicted octanol–water partition coefficient (Wildman–Crippen LogP) is 3.89. The van der Waals surface area contributed by atoms with Gasteiger partial charge in [-0.05, 0) is 30.4 Å². The fourth-order valence-electron chi connectivity index (χ4n) is 2.09. The van der Waals surface area contributed by atoms with Crippen molar-refractivity contribution in [3.8, 4) is 0 Å². The number of nitrogens with zero attached hydrogens (tertiary/aromatic N) is 2. The molecule has 2 heteroatoms.